The van der Waals surface area contributed by atoms with Crippen molar-refractivity contribution in [3.8, 4) is 0 Å². The normalized spacial score (nSPS) is 22.8. The van der Waals surface area contributed by atoms with Gasteiger partial charge in [0.25, 0.3) is 0 Å². The van der Waals surface area contributed by atoms with Crippen LogP contribution in [0.1, 0.15) is 26.7 Å². The van der Waals surface area contributed by atoms with E-state index in [0.717, 1.165) is 12.8 Å². The molecule has 1 heterocycles. The predicted molar refractivity (Wildman–Crippen MR) is 52.7 cm³/mol. The van der Waals surface area contributed by atoms with Crippen LogP contribution in [0.25, 0.3) is 0 Å². The minimum absolute atomic E-state index is 0.0254. The van der Waals surface area contributed by atoms with Gasteiger partial charge in [-0.2, -0.15) is 0 Å². The van der Waals surface area contributed by atoms with Crippen molar-refractivity contribution in [2.75, 3.05) is 13.2 Å². The van der Waals surface area contributed by atoms with Gasteiger partial charge in [0, 0.05) is 18.9 Å². The summed E-state index contributed by atoms with van der Waals surface area (Å²) in [6, 6.07) is -0.151. The van der Waals surface area contributed by atoms with Gasteiger partial charge in [0.2, 0.25) is 0 Å². The van der Waals surface area contributed by atoms with Gasteiger partial charge in [-0.05, 0) is 6.92 Å². The topological polar surface area (TPSA) is 61.6 Å². The fourth-order valence-corrected chi connectivity index (χ4v) is 1.28. The van der Waals surface area contributed by atoms with Crippen molar-refractivity contribution in [3.63, 3.8) is 0 Å². The van der Waals surface area contributed by atoms with E-state index in [1.54, 1.807) is 6.92 Å². The van der Waals surface area contributed by atoms with Gasteiger partial charge in [0.05, 0.1) is 19.1 Å². The molecule has 82 valence electrons. The van der Waals surface area contributed by atoms with Crippen LogP contribution in [0.2, 0.25) is 0 Å². The van der Waals surface area contributed by atoms with Crippen LogP contribution in [0.3, 0.4) is 0 Å². The third-order valence-electron chi connectivity index (χ3n) is 2.61. The average Bonchev–Trinajstić information content (AvgIpc) is 2.18. The Morgan fingerprint density at radius 3 is 2.50 bits per heavy atom. The number of hydrogen-bond acceptors (Lipinski definition) is 4. The number of rotatable bonds is 3. The van der Waals surface area contributed by atoms with Gasteiger partial charge < -0.3 is 15.2 Å². The summed E-state index contributed by atoms with van der Waals surface area (Å²) < 4.78 is 10.5. The van der Waals surface area contributed by atoms with Crippen LogP contribution < -0.4 is 5.73 Å². The summed E-state index contributed by atoms with van der Waals surface area (Å²) in [5, 5.41) is 0. The highest BCUT2D eigenvalue weighted by Crippen LogP contribution is 2.13. The minimum atomic E-state index is -0.224. The molecule has 4 nitrogen and oxygen atoms in total. The van der Waals surface area contributed by atoms with E-state index >= 15 is 0 Å². The molecular weight excluding hydrogens is 182 g/mol. The maximum absolute atomic E-state index is 11.5. The Kier molecular flexibility index (Phi) is 4.35. The van der Waals surface area contributed by atoms with Gasteiger partial charge in [-0.1, -0.05) is 6.92 Å². The van der Waals surface area contributed by atoms with Crippen molar-refractivity contribution in [2.24, 2.45) is 11.7 Å². The van der Waals surface area contributed by atoms with Gasteiger partial charge in [0.15, 0.2) is 0 Å². The Balaban J connectivity index is 2.31. The second-order valence-electron chi connectivity index (χ2n) is 3.90. The van der Waals surface area contributed by atoms with Crippen LogP contribution in [-0.2, 0) is 14.3 Å². The molecule has 0 radical (unpaired) electrons. The van der Waals surface area contributed by atoms with Crippen LogP contribution in [0.15, 0.2) is 0 Å². The Morgan fingerprint density at radius 2 is 2.00 bits per heavy atom. The summed E-state index contributed by atoms with van der Waals surface area (Å²) in [6.07, 6.45) is 1.63. The number of esters is 1. The molecule has 0 aromatic heterocycles. The van der Waals surface area contributed by atoms with E-state index in [1.165, 1.54) is 0 Å². The molecule has 2 atom stereocenters. The molecule has 0 saturated carbocycles. The lowest BCUT2D eigenvalue weighted by atomic mass is 10.1. The number of hydrogen-bond donors (Lipinski definition) is 1. The standard InChI is InChI=1S/C10H19NO3/c1-7(8(2)11)10(12)14-9-3-5-13-6-4-9/h7-9H,3-6,11H2,1-2H3. The molecule has 1 saturated heterocycles. The molecule has 0 aliphatic carbocycles. The van der Waals surface area contributed by atoms with Crippen LogP contribution in [0, 0.1) is 5.92 Å². The lowest BCUT2D eigenvalue weighted by Gasteiger charge is -2.24. The first-order chi connectivity index (χ1) is 6.61. The predicted octanol–water partition coefficient (Wildman–Crippen LogP) is 0.692. The van der Waals surface area contributed by atoms with Crippen LogP contribution in [0.4, 0.5) is 0 Å². The summed E-state index contributed by atoms with van der Waals surface area (Å²) in [4.78, 5) is 11.5. The lowest BCUT2D eigenvalue weighted by Crippen LogP contribution is -2.35. The zero-order valence-corrected chi connectivity index (χ0v) is 8.86. The Bertz CT molecular complexity index is 188. The summed E-state index contributed by atoms with van der Waals surface area (Å²) in [5.41, 5.74) is 5.62. The number of nitrogens with two attached hydrogens (primary N) is 1. The first kappa shape index (κ1) is 11.5. The second kappa shape index (κ2) is 5.32. The quantitative estimate of drug-likeness (QED) is 0.682. The monoisotopic (exact) mass is 201 g/mol. The molecule has 0 amide bonds. The molecule has 14 heavy (non-hydrogen) atoms. The van der Waals surface area contributed by atoms with Gasteiger partial charge in [0.1, 0.15) is 6.10 Å². The largest absolute Gasteiger partial charge is 0.462 e. The van der Waals surface area contributed by atoms with Gasteiger partial charge in [-0.15, -0.1) is 0 Å². The van der Waals surface area contributed by atoms with Crippen molar-refractivity contribution in [2.45, 2.75) is 38.8 Å². The van der Waals surface area contributed by atoms with Crippen molar-refractivity contribution in [1.82, 2.24) is 0 Å². The van der Waals surface area contributed by atoms with Crippen molar-refractivity contribution in [3.05, 3.63) is 0 Å². The Hall–Kier alpha value is -0.610. The van der Waals surface area contributed by atoms with Crippen LogP contribution in [-0.4, -0.2) is 31.3 Å². The van der Waals surface area contributed by atoms with E-state index in [0.29, 0.717) is 13.2 Å². The molecule has 0 aromatic rings. The molecule has 1 aliphatic heterocycles. The summed E-state index contributed by atoms with van der Waals surface area (Å²) in [7, 11) is 0. The molecule has 0 aromatic carbocycles. The van der Waals surface area contributed by atoms with E-state index in [2.05, 4.69) is 0 Å². The van der Waals surface area contributed by atoms with Crippen molar-refractivity contribution < 1.29 is 14.3 Å². The third kappa shape index (κ3) is 3.27. The van der Waals surface area contributed by atoms with E-state index in [4.69, 9.17) is 15.2 Å². The smallest absolute Gasteiger partial charge is 0.310 e. The van der Waals surface area contributed by atoms with Crippen molar-refractivity contribution in [1.29, 1.82) is 0 Å². The number of ether oxygens (including phenoxy) is 2. The van der Waals surface area contributed by atoms with Gasteiger partial charge in [-0.25, -0.2) is 0 Å². The average molecular weight is 201 g/mol. The Morgan fingerprint density at radius 1 is 1.43 bits per heavy atom. The van der Waals surface area contributed by atoms with E-state index < -0.39 is 0 Å². The molecule has 1 fully saturated rings. The molecule has 1 rings (SSSR count). The second-order valence-corrected chi connectivity index (χ2v) is 3.90. The molecular formula is C10H19NO3. The highest BCUT2D eigenvalue weighted by atomic mass is 16.6. The molecule has 2 N–H and O–H groups in total. The lowest BCUT2D eigenvalue weighted by molar-refractivity contribution is -0.158. The first-order valence-electron chi connectivity index (χ1n) is 5.15. The van der Waals surface area contributed by atoms with Crippen LogP contribution >= 0.6 is 0 Å². The summed E-state index contributed by atoms with van der Waals surface area (Å²) in [5.74, 6) is -0.412. The van der Waals surface area contributed by atoms with E-state index in [9.17, 15) is 4.79 Å². The molecule has 4 heteroatoms. The molecule has 2 unspecified atom stereocenters. The summed E-state index contributed by atoms with van der Waals surface area (Å²) >= 11 is 0. The fraction of sp³-hybridized carbons (Fsp3) is 0.900. The minimum Gasteiger partial charge on any atom is -0.462 e. The third-order valence-corrected chi connectivity index (χ3v) is 2.61. The molecule has 0 bridgehead atoms. The van der Waals surface area contributed by atoms with Crippen LogP contribution in [0.5, 0.6) is 0 Å². The van der Waals surface area contributed by atoms with E-state index in [1.807, 2.05) is 6.92 Å². The first-order valence-corrected chi connectivity index (χ1v) is 5.15. The Labute approximate surface area is 84.7 Å². The fourth-order valence-electron chi connectivity index (χ4n) is 1.28. The maximum Gasteiger partial charge on any atom is 0.310 e. The maximum atomic E-state index is 11.5. The summed E-state index contributed by atoms with van der Waals surface area (Å²) in [6.45, 7) is 4.98. The van der Waals surface area contributed by atoms with Gasteiger partial charge in [-0.3, -0.25) is 4.79 Å². The zero-order chi connectivity index (χ0) is 10.6. The highest BCUT2D eigenvalue weighted by molar-refractivity contribution is 5.72. The number of carbonyl (C=O) groups excluding carboxylic acids is 1. The van der Waals surface area contributed by atoms with Crippen molar-refractivity contribution >= 4 is 5.97 Å². The van der Waals surface area contributed by atoms with E-state index in [-0.39, 0.29) is 24.0 Å². The highest BCUT2D eigenvalue weighted by Gasteiger charge is 2.23. The molecule has 1 aliphatic rings. The SMILES string of the molecule is CC(N)C(C)C(=O)OC1CCOCC1. The zero-order valence-electron chi connectivity index (χ0n) is 8.86. The van der Waals surface area contributed by atoms with Gasteiger partial charge >= 0.3 is 5.97 Å². The number of carbonyl (C=O) groups is 1. The molecule has 0 spiro atoms.